The normalized spacial score (nSPS) is 12.7. The Morgan fingerprint density at radius 1 is 0.581 bits per heavy atom. The third-order valence-electron chi connectivity index (χ3n) is 4.22. The predicted molar refractivity (Wildman–Crippen MR) is 90.5 cm³/mol. The number of carbonyl (C=O) groups excluding carboxylic acids is 2. The number of hydrogen-bond donors (Lipinski definition) is 0. The fourth-order valence-corrected chi connectivity index (χ4v) is 2.74. The summed E-state index contributed by atoms with van der Waals surface area (Å²) in [5.41, 5.74) is -5.65. The third kappa shape index (κ3) is 6.31. The fourth-order valence-electron chi connectivity index (χ4n) is 2.74. The smallest absolute Gasteiger partial charge is 0.294 e. The minimum absolute atomic E-state index is 0.109. The Morgan fingerprint density at radius 2 is 0.903 bits per heavy atom. The first-order valence-corrected chi connectivity index (χ1v) is 8.53. The maximum absolute atomic E-state index is 12.9. The largest absolute Gasteiger partial charge is 0.416 e. The highest BCUT2D eigenvalue weighted by Crippen LogP contribution is 2.36. The molecule has 0 fully saturated rings. The molecule has 0 aliphatic heterocycles. The topological polar surface area (TPSA) is 34.1 Å². The molecule has 2 nitrogen and oxygen atoms in total. The van der Waals surface area contributed by atoms with E-state index in [-0.39, 0.29) is 29.3 Å². The molecule has 0 N–H and O–H groups in total. The average Bonchev–Trinajstić information content (AvgIpc) is 2.62. The van der Waals surface area contributed by atoms with E-state index in [4.69, 9.17) is 0 Å². The van der Waals surface area contributed by atoms with Gasteiger partial charge in [-0.15, -0.1) is 0 Å². The highest BCUT2D eigenvalue weighted by Gasteiger charge is 2.37. The predicted octanol–water partition coefficient (Wildman–Crippen LogP) is 6.90. The van der Waals surface area contributed by atoms with Crippen LogP contribution in [0.3, 0.4) is 0 Å². The fraction of sp³-hybridized carbons (Fsp3) is 0.300. The number of hydrogen-bond acceptors (Lipinski definition) is 2. The van der Waals surface area contributed by atoms with Crippen molar-refractivity contribution in [2.45, 2.75) is 38.3 Å². The van der Waals surface area contributed by atoms with E-state index in [1.54, 1.807) is 0 Å². The maximum Gasteiger partial charge on any atom is 0.416 e. The number of ketones is 2. The molecule has 0 aliphatic carbocycles. The summed E-state index contributed by atoms with van der Waals surface area (Å²) in [7, 11) is 0. The van der Waals surface area contributed by atoms with E-state index in [0.29, 0.717) is 6.07 Å². The van der Waals surface area contributed by atoms with Crippen molar-refractivity contribution in [2.75, 3.05) is 0 Å². The number of halogens is 9. The minimum Gasteiger partial charge on any atom is -0.294 e. The molecule has 11 heteroatoms. The zero-order chi connectivity index (χ0) is 23.8. The molecule has 2 aromatic carbocycles. The highest BCUT2D eigenvalue weighted by atomic mass is 19.4. The molecule has 0 aliphatic rings. The lowest BCUT2D eigenvalue weighted by molar-refractivity contribution is -0.143. The standard InChI is InChI=1S/C20H13F9O2/c1-10-4-11(6-13(5-10)18(21,22)23)16(30)2-3-17(31)12-7-14(19(24,25)26)9-15(8-12)20(27,28)29/h4-9H,2-3H2,1H3. The van der Waals surface area contributed by atoms with Gasteiger partial charge >= 0.3 is 18.5 Å². The van der Waals surface area contributed by atoms with E-state index in [9.17, 15) is 49.1 Å². The molecular weight excluding hydrogens is 443 g/mol. The number of benzene rings is 2. The Balaban J connectivity index is 2.27. The highest BCUT2D eigenvalue weighted by molar-refractivity contribution is 6.02. The van der Waals surface area contributed by atoms with E-state index in [0.717, 1.165) is 12.1 Å². The van der Waals surface area contributed by atoms with Crippen LogP contribution in [0, 0.1) is 6.92 Å². The summed E-state index contributed by atoms with van der Waals surface area (Å²) >= 11 is 0. The summed E-state index contributed by atoms with van der Waals surface area (Å²) in [6.07, 6.45) is -16.5. The van der Waals surface area contributed by atoms with E-state index in [2.05, 4.69) is 0 Å². The molecule has 168 valence electrons. The van der Waals surface area contributed by atoms with Crippen LogP contribution in [-0.2, 0) is 18.5 Å². The van der Waals surface area contributed by atoms with Crippen molar-refractivity contribution in [3.05, 3.63) is 69.8 Å². The molecule has 0 atom stereocenters. The van der Waals surface area contributed by atoms with Gasteiger partial charge in [0.25, 0.3) is 0 Å². The monoisotopic (exact) mass is 456 g/mol. The van der Waals surface area contributed by atoms with Gasteiger partial charge in [-0.25, -0.2) is 0 Å². The van der Waals surface area contributed by atoms with E-state index in [1.807, 2.05) is 0 Å². The molecule has 2 rings (SSSR count). The number of Topliss-reactive ketones (excluding diaryl/α,β-unsaturated/α-hetero) is 2. The molecule has 0 spiro atoms. The lowest BCUT2D eigenvalue weighted by Crippen LogP contribution is -2.14. The van der Waals surface area contributed by atoms with Crippen LogP contribution in [-0.4, -0.2) is 11.6 Å². The molecule has 0 amide bonds. The molecule has 0 radical (unpaired) electrons. The molecule has 0 bridgehead atoms. The summed E-state index contributed by atoms with van der Waals surface area (Å²) in [6, 6.07) is 2.81. The summed E-state index contributed by atoms with van der Waals surface area (Å²) in [5, 5.41) is 0. The van der Waals surface area contributed by atoms with Gasteiger partial charge in [0, 0.05) is 24.0 Å². The van der Waals surface area contributed by atoms with Crippen molar-refractivity contribution < 1.29 is 49.1 Å². The Labute approximate surface area is 169 Å². The van der Waals surface area contributed by atoms with Gasteiger partial charge in [-0.1, -0.05) is 0 Å². The van der Waals surface area contributed by atoms with Crippen molar-refractivity contribution in [1.29, 1.82) is 0 Å². The molecule has 0 heterocycles. The van der Waals surface area contributed by atoms with Gasteiger partial charge in [0.2, 0.25) is 0 Å². The SMILES string of the molecule is Cc1cc(C(=O)CCC(=O)c2cc(C(F)(F)F)cc(C(F)(F)F)c2)cc(C(F)(F)F)c1. The van der Waals surface area contributed by atoms with Gasteiger partial charge < -0.3 is 0 Å². The van der Waals surface area contributed by atoms with Gasteiger partial charge in [-0.2, -0.15) is 39.5 Å². The summed E-state index contributed by atoms with van der Waals surface area (Å²) in [5.74, 6) is -2.10. The van der Waals surface area contributed by atoms with Crippen LogP contribution in [0.4, 0.5) is 39.5 Å². The molecule has 0 unspecified atom stereocenters. The third-order valence-corrected chi connectivity index (χ3v) is 4.22. The summed E-state index contributed by atoms with van der Waals surface area (Å²) < 4.78 is 116. The first-order valence-electron chi connectivity index (χ1n) is 8.53. The van der Waals surface area contributed by atoms with Gasteiger partial charge in [0.05, 0.1) is 16.7 Å². The number of carbonyl (C=O) groups is 2. The molecule has 2 aromatic rings. The quantitative estimate of drug-likeness (QED) is 0.363. The number of alkyl halides is 9. The van der Waals surface area contributed by atoms with Gasteiger partial charge in [-0.05, 0) is 48.9 Å². The van der Waals surface area contributed by atoms with Crippen molar-refractivity contribution in [1.82, 2.24) is 0 Å². The molecule has 0 saturated carbocycles. The average molecular weight is 456 g/mol. The zero-order valence-electron chi connectivity index (χ0n) is 15.6. The molecular formula is C20H13F9O2. The van der Waals surface area contributed by atoms with E-state index >= 15 is 0 Å². The second-order valence-electron chi connectivity index (χ2n) is 6.73. The Hall–Kier alpha value is -2.85. The van der Waals surface area contributed by atoms with Crippen LogP contribution in [0.25, 0.3) is 0 Å². The first-order chi connectivity index (χ1) is 14.0. The molecule has 31 heavy (non-hydrogen) atoms. The van der Waals surface area contributed by atoms with Crippen LogP contribution in [0.2, 0.25) is 0 Å². The Morgan fingerprint density at radius 3 is 1.26 bits per heavy atom. The summed E-state index contributed by atoms with van der Waals surface area (Å²) in [6.45, 7) is 1.30. The number of rotatable bonds is 5. The van der Waals surface area contributed by atoms with Gasteiger partial charge in [0.15, 0.2) is 11.6 Å². The maximum atomic E-state index is 12.9. The van der Waals surface area contributed by atoms with Crippen molar-refractivity contribution in [3.8, 4) is 0 Å². The number of aryl methyl sites for hydroxylation is 1. The minimum atomic E-state index is -5.15. The second kappa shape index (κ2) is 8.35. The van der Waals surface area contributed by atoms with Gasteiger partial charge in [0.1, 0.15) is 0 Å². The van der Waals surface area contributed by atoms with Crippen molar-refractivity contribution >= 4 is 11.6 Å². The summed E-state index contributed by atoms with van der Waals surface area (Å²) in [4.78, 5) is 24.3. The van der Waals surface area contributed by atoms with Crippen LogP contribution in [0.5, 0.6) is 0 Å². The van der Waals surface area contributed by atoms with Crippen molar-refractivity contribution in [3.63, 3.8) is 0 Å². The lowest BCUT2D eigenvalue weighted by Gasteiger charge is -2.14. The Kier molecular flexibility index (Phi) is 6.58. The van der Waals surface area contributed by atoms with Crippen LogP contribution < -0.4 is 0 Å². The Bertz CT molecular complexity index is 967. The van der Waals surface area contributed by atoms with Gasteiger partial charge in [-0.3, -0.25) is 9.59 Å². The van der Waals surface area contributed by atoms with E-state index < -0.39 is 65.2 Å². The first kappa shape index (κ1) is 24.4. The van der Waals surface area contributed by atoms with Crippen LogP contribution >= 0.6 is 0 Å². The molecule has 0 aromatic heterocycles. The molecule has 0 saturated heterocycles. The van der Waals surface area contributed by atoms with E-state index in [1.165, 1.54) is 6.92 Å². The lowest BCUT2D eigenvalue weighted by atomic mass is 9.96. The second-order valence-corrected chi connectivity index (χ2v) is 6.73. The van der Waals surface area contributed by atoms with Crippen LogP contribution in [0.15, 0.2) is 36.4 Å². The van der Waals surface area contributed by atoms with Crippen LogP contribution in [0.1, 0.15) is 55.8 Å². The zero-order valence-corrected chi connectivity index (χ0v) is 15.6. The van der Waals surface area contributed by atoms with Crippen molar-refractivity contribution in [2.24, 2.45) is 0 Å².